The van der Waals surface area contributed by atoms with Crippen LogP contribution in [0.1, 0.15) is 34.7 Å². The molecule has 0 aliphatic rings. The van der Waals surface area contributed by atoms with Crippen LogP contribution < -0.4 is 4.90 Å². The van der Waals surface area contributed by atoms with Gasteiger partial charge in [-0.05, 0) is 26.0 Å². The molecule has 1 N–H and O–H groups in total. The first-order valence-corrected chi connectivity index (χ1v) is 10.8. The predicted molar refractivity (Wildman–Crippen MR) is 124 cm³/mol. The quantitative estimate of drug-likeness (QED) is 0.348. The number of aromatic amines is 1. The number of carbonyl (C=O) groups is 3. The minimum atomic E-state index is -0.646. The van der Waals surface area contributed by atoms with Gasteiger partial charge in [0.1, 0.15) is 12.2 Å². The first-order valence-electron chi connectivity index (χ1n) is 10.0. The van der Waals surface area contributed by atoms with Gasteiger partial charge >= 0.3 is 11.9 Å². The Morgan fingerprint density at radius 2 is 1.66 bits per heavy atom. The monoisotopic (exact) mass is 476 g/mol. The van der Waals surface area contributed by atoms with Gasteiger partial charge in [-0.2, -0.15) is 0 Å². The molecule has 0 saturated carbocycles. The molecule has 1 aromatic heterocycles. The second kappa shape index (κ2) is 10.5. The molecule has 3 rings (SSSR count). The van der Waals surface area contributed by atoms with E-state index in [2.05, 4.69) is 4.98 Å². The van der Waals surface area contributed by atoms with Gasteiger partial charge in [-0.15, -0.1) is 0 Å². The Morgan fingerprint density at radius 3 is 2.31 bits per heavy atom. The molecule has 0 saturated heterocycles. The van der Waals surface area contributed by atoms with Crippen molar-refractivity contribution < 1.29 is 23.9 Å². The lowest BCUT2D eigenvalue weighted by Gasteiger charge is -2.24. The summed E-state index contributed by atoms with van der Waals surface area (Å²) >= 11 is 12.6. The maximum absolute atomic E-state index is 13.0. The number of ether oxygens (including phenoxy) is 2. The minimum absolute atomic E-state index is 0.0659. The fourth-order valence-corrected chi connectivity index (χ4v) is 3.95. The maximum Gasteiger partial charge on any atom is 0.356 e. The molecule has 1 heterocycles. The molecule has 0 aliphatic heterocycles. The third-order valence-corrected chi connectivity index (χ3v) is 5.16. The number of anilines is 1. The van der Waals surface area contributed by atoms with Crippen LogP contribution in [0.3, 0.4) is 0 Å². The number of hydrogen-bond acceptors (Lipinski definition) is 6. The Labute approximate surface area is 195 Å². The first kappa shape index (κ1) is 23.6. The summed E-state index contributed by atoms with van der Waals surface area (Å²) in [5, 5.41) is 1.07. The van der Waals surface area contributed by atoms with E-state index < -0.39 is 11.9 Å². The van der Waals surface area contributed by atoms with Crippen molar-refractivity contribution in [3.05, 3.63) is 63.8 Å². The molecule has 3 aromatic rings. The molecule has 168 valence electrons. The van der Waals surface area contributed by atoms with Gasteiger partial charge in [0, 0.05) is 16.0 Å². The fraction of sp³-hybridized carbons (Fsp3) is 0.261. The highest BCUT2D eigenvalue weighted by atomic mass is 35.5. The van der Waals surface area contributed by atoms with Crippen LogP contribution in [0.25, 0.3) is 10.9 Å². The van der Waals surface area contributed by atoms with E-state index in [9.17, 15) is 14.4 Å². The first-order chi connectivity index (χ1) is 15.3. The van der Waals surface area contributed by atoms with Crippen molar-refractivity contribution >= 4 is 57.5 Å². The summed E-state index contributed by atoms with van der Waals surface area (Å²) in [4.78, 5) is 42.6. The lowest BCUT2D eigenvalue weighted by atomic mass is 10.1. The van der Waals surface area contributed by atoms with Crippen LogP contribution in [-0.2, 0) is 14.3 Å². The van der Waals surface area contributed by atoms with E-state index >= 15 is 0 Å². The molecule has 7 nitrogen and oxygen atoms in total. The number of Topliss-reactive ketones (excluding diaryl/α,β-unsaturated/α-hetero) is 1. The number of carbonyl (C=O) groups excluding carboxylic acids is 3. The molecule has 0 unspecified atom stereocenters. The van der Waals surface area contributed by atoms with Crippen LogP contribution in [-0.4, -0.2) is 49.0 Å². The highest BCUT2D eigenvalue weighted by Crippen LogP contribution is 2.38. The number of nitrogens with one attached hydrogen (secondary N) is 1. The molecule has 0 aliphatic carbocycles. The second-order valence-corrected chi connectivity index (χ2v) is 7.67. The number of ketones is 1. The summed E-state index contributed by atoms with van der Waals surface area (Å²) in [5.74, 6) is -1.45. The van der Waals surface area contributed by atoms with Gasteiger partial charge in [0.05, 0.1) is 36.0 Å². The Bertz CT molecular complexity index is 1140. The topological polar surface area (TPSA) is 88.7 Å². The largest absolute Gasteiger partial charge is 0.465 e. The molecule has 0 atom stereocenters. The molecule has 9 heteroatoms. The number of H-pyrrole nitrogens is 1. The van der Waals surface area contributed by atoms with Gasteiger partial charge < -0.3 is 19.4 Å². The van der Waals surface area contributed by atoms with Crippen molar-refractivity contribution in [1.82, 2.24) is 4.98 Å². The average Bonchev–Trinajstić information content (AvgIpc) is 3.14. The summed E-state index contributed by atoms with van der Waals surface area (Å²) in [6.07, 6.45) is 0. The van der Waals surface area contributed by atoms with Gasteiger partial charge in [0.2, 0.25) is 0 Å². The number of nitrogens with zero attached hydrogens (tertiary/aromatic N) is 1. The number of rotatable bonds is 9. The zero-order valence-corrected chi connectivity index (χ0v) is 19.1. The minimum Gasteiger partial charge on any atom is -0.465 e. The van der Waals surface area contributed by atoms with Gasteiger partial charge in [-0.25, -0.2) is 4.79 Å². The molecule has 0 spiro atoms. The van der Waals surface area contributed by atoms with E-state index in [1.165, 1.54) is 11.0 Å². The number of aromatic nitrogens is 1. The van der Waals surface area contributed by atoms with E-state index in [4.69, 9.17) is 32.7 Å². The molecular weight excluding hydrogens is 455 g/mol. The zero-order chi connectivity index (χ0) is 23.3. The lowest BCUT2D eigenvalue weighted by Crippen LogP contribution is -2.36. The molecule has 0 fully saturated rings. The highest BCUT2D eigenvalue weighted by Gasteiger charge is 2.28. The third kappa shape index (κ3) is 5.23. The van der Waals surface area contributed by atoms with E-state index in [1.807, 2.05) is 0 Å². The van der Waals surface area contributed by atoms with Crippen molar-refractivity contribution in [2.45, 2.75) is 13.8 Å². The normalized spacial score (nSPS) is 10.8. The number of benzene rings is 2. The molecule has 0 radical (unpaired) electrons. The Hall–Kier alpha value is -3.03. The third-order valence-electron chi connectivity index (χ3n) is 4.64. The van der Waals surface area contributed by atoms with E-state index in [0.717, 1.165) is 0 Å². The number of halogens is 2. The highest BCUT2D eigenvalue weighted by molar-refractivity contribution is 6.40. The van der Waals surface area contributed by atoms with E-state index in [1.54, 1.807) is 50.2 Å². The van der Waals surface area contributed by atoms with Gasteiger partial charge in [0.25, 0.3) is 0 Å². The van der Waals surface area contributed by atoms with Crippen LogP contribution >= 0.6 is 23.2 Å². The summed E-state index contributed by atoms with van der Waals surface area (Å²) in [6.45, 7) is 3.22. The van der Waals surface area contributed by atoms with Crippen LogP contribution in [0.4, 0.5) is 5.69 Å². The van der Waals surface area contributed by atoms with Crippen LogP contribution in [0.5, 0.6) is 0 Å². The zero-order valence-electron chi connectivity index (χ0n) is 17.6. The molecule has 0 amide bonds. The number of esters is 2. The van der Waals surface area contributed by atoms with Crippen LogP contribution in [0, 0.1) is 0 Å². The molecule has 0 bridgehead atoms. The second-order valence-electron chi connectivity index (χ2n) is 6.83. The van der Waals surface area contributed by atoms with Crippen molar-refractivity contribution in [3.63, 3.8) is 0 Å². The van der Waals surface area contributed by atoms with E-state index in [0.29, 0.717) is 21.5 Å². The lowest BCUT2D eigenvalue weighted by molar-refractivity contribution is -0.141. The Balaban J connectivity index is 2.16. The average molecular weight is 477 g/mol. The fourth-order valence-electron chi connectivity index (χ4n) is 3.36. The Morgan fingerprint density at radius 1 is 0.969 bits per heavy atom. The van der Waals surface area contributed by atoms with Gasteiger partial charge in [0.15, 0.2) is 5.78 Å². The Kier molecular flexibility index (Phi) is 7.77. The molecule has 32 heavy (non-hydrogen) atoms. The number of hydrogen-bond donors (Lipinski definition) is 1. The summed E-state index contributed by atoms with van der Waals surface area (Å²) < 4.78 is 10.3. The standard InChI is InChI=1S/C23H22Cl2N2O5/c1-3-31-19(29)13-27(12-18(28)14-8-6-5-7-9-14)22-20-16(25)10-15(24)11-17(20)26-21(22)23(30)32-4-2/h5-11,26H,3-4,12-13H2,1-2H3. The number of fused-ring (bicyclic) bond motifs is 1. The van der Waals surface area contributed by atoms with Crippen molar-refractivity contribution in [2.75, 3.05) is 31.2 Å². The van der Waals surface area contributed by atoms with Crippen LogP contribution in [0.15, 0.2) is 42.5 Å². The van der Waals surface area contributed by atoms with Gasteiger partial charge in [-0.3, -0.25) is 9.59 Å². The van der Waals surface area contributed by atoms with E-state index in [-0.39, 0.29) is 48.5 Å². The van der Waals surface area contributed by atoms with Crippen molar-refractivity contribution in [1.29, 1.82) is 0 Å². The summed E-state index contributed by atoms with van der Waals surface area (Å²) in [5.41, 5.74) is 1.28. The summed E-state index contributed by atoms with van der Waals surface area (Å²) in [6, 6.07) is 11.8. The molecule has 2 aromatic carbocycles. The predicted octanol–water partition coefficient (Wildman–Crippen LogP) is 4.90. The molecular formula is C23H22Cl2N2O5. The van der Waals surface area contributed by atoms with Crippen LogP contribution in [0.2, 0.25) is 10.0 Å². The summed E-state index contributed by atoms with van der Waals surface area (Å²) in [7, 11) is 0. The van der Waals surface area contributed by atoms with Crippen molar-refractivity contribution in [2.24, 2.45) is 0 Å². The van der Waals surface area contributed by atoms with Gasteiger partial charge in [-0.1, -0.05) is 53.5 Å². The maximum atomic E-state index is 13.0. The SMILES string of the molecule is CCOC(=O)CN(CC(=O)c1ccccc1)c1c(C(=O)OCC)[nH]c2cc(Cl)cc(Cl)c12. The van der Waals surface area contributed by atoms with Crippen molar-refractivity contribution in [3.8, 4) is 0 Å². The smallest absolute Gasteiger partial charge is 0.356 e.